The van der Waals surface area contributed by atoms with Gasteiger partial charge in [0.25, 0.3) is 0 Å². The summed E-state index contributed by atoms with van der Waals surface area (Å²) in [6, 6.07) is 0.156. The van der Waals surface area contributed by atoms with Crippen LogP contribution in [0.5, 0.6) is 0 Å². The molecule has 0 aromatic heterocycles. The lowest BCUT2D eigenvalue weighted by molar-refractivity contribution is 0.0700. The molecule has 0 saturated heterocycles. The van der Waals surface area contributed by atoms with Crippen LogP contribution >= 0.6 is 0 Å². The minimum atomic E-state index is -2.73. The Morgan fingerprint density at radius 2 is 0.794 bits per heavy atom. The lowest BCUT2D eigenvalue weighted by Crippen LogP contribution is -2.51. The van der Waals surface area contributed by atoms with E-state index in [1.54, 1.807) is 0 Å². The maximum Gasteiger partial charge on any atom is 0.500 e. The Kier molecular flexibility index (Phi) is 19.2. The van der Waals surface area contributed by atoms with Gasteiger partial charge < -0.3 is 37.2 Å². The maximum atomic E-state index is 11.9. The van der Waals surface area contributed by atoms with Crippen molar-refractivity contribution in [2.45, 2.75) is 66.5 Å². The van der Waals surface area contributed by atoms with Crippen molar-refractivity contribution in [2.75, 3.05) is 52.7 Å². The minimum Gasteiger partial charge on any atom is -0.374 e. The van der Waals surface area contributed by atoms with E-state index >= 15 is 0 Å². The highest BCUT2D eigenvalue weighted by Crippen LogP contribution is 2.18. The molecule has 0 atom stereocenters. The molecule has 202 valence electrons. The van der Waals surface area contributed by atoms with Crippen LogP contribution in [0.25, 0.3) is 0 Å². The molecule has 0 aromatic rings. The van der Waals surface area contributed by atoms with Gasteiger partial charge in [-0.1, -0.05) is 0 Å². The van der Waals surface area contributed by atoms with Crippen molar-refractivity contribution in [3.8, 4) is 0 Å². The predicted octanol–water partition coefficient (Wildman–Crippen LogP) is 2.38. The molecule has 0 unspecified atom stereocenters. The second-order valence-corrected chi connectivity index (χ2v) is 12.4. The molecule has 0 aliphatic rings. The Bertz CT molecular complexity index is 469. The highest BCUT2D eigenvalue weighted by Gasteiger charge is 2.40. The molecule has 14 heteroatoms. The number of urea groups is 2. The van der Waals surface area contributed by atoms with E-state index in [1.165, 1.54) is 0 Å². The quantitative estimate of drug-likeness (QED) is 0.108. The van der Waals surface area contributed by atoms with E-state index in [9.17, 15) is 9.59 Å². The molecule has 0 spiro atoms. The first-order valence-electron chi connectivity index (χ1n) is 12.3. The van der Waals surface area contributed by atoms with Gasteiger partial charge in [0, 0.05) is 64.8 Å². The van der Waals surface area contributed by atoms with Gasteiger partial charge in [-0.2, -0.15) is 0 Å². The third-order valence-electron chi connectivity index (χ3n) is 4.37. The van der Waals surface area contributed by atoms with Crippen molar-refractivity contribution in [3.05, 3.63) is 0 Å². The number of carbonyl (C=O) groups is 2. The fourth-order valence-electron chi connectivity index (χ4n) is 3.22. The molecule has 0 rings (SSSR count). The Labute approximate surface area is 206 Å². The molecule has 0 aromatic carbocycles. The number of hydrogen-bond donors (Lipinski definition) is 4. The van der Waals surface area contributed by atoms with Gasteiger partial charge in [-0.25, -0.2) is 20.4 Å². The van der Waals surface area contributed by atoms with E-state index in [2.05, 4.69) is 21.5 Å². The number of hydrazine groups is 1. The molecule has 4 amide bonds. The largest absolute Gasteiger partial charge is 0.500 e. The molecular formula is C20H46N4O8Si2. The Morgan fingerprint density at radius 3 is 1.03 bits per heavy atom. The zero-order chi connectivity index (χ0) is 25.7. The lowest BCUT2D eigenvalue weighted by Gasteiger charge is -2.28. The molecule has 0 heterocycles. The van der Waals surface area contributed by atoms with E-state index in [-0.39, 0.29) is 0 Å². The highest BCUT2D eigenvalue weighted by atomic mass is 28.4. The smallest absolute Gasteiger partial charge is 0.374 e. The lowest BCUT2D eigenvalue weighted by atomic mass is 10.5. The number of nitrogens with one attached hydrogen (secondary N) is 4. The average Bonchev–Trinajstić information content (AvgIpc) is 2.79. The van der Waals surface area contributed by atoms with Crippen LogP contribution < -0.4 is 21.5 Å². The van der Waals surface area contributed by atoms with Gasteiger partial charge in [-0.15, -0.1) is 0 Å². The molecule has 0 aliphatic carbocycles. The van der Waals surface area contributed by atoms with Gasteiger partial charge in [0.2, 0.25) is 0 Å². The molecule has 0 aliphatic heterocycles. The molecular weight excluding hydrogens is 480 g/mol. The van der Waals surface area contributed by atoms with Crippen molar-refractivity contribution in [1.82, 2.24) is 21.5 Å². The Hall–Kier alpha value is -1.27. The van der Waals surface area contributed by atoms with Crippen molar-refractivity contribution in [2.24, 2.45) is 0 Å². The first-order valence-corrected chi connectivity index (χ1v) is 16.1. The number of carbonyl (C=O) groups excluding carboxylic acids is 2. The fourth-order valence-corrected chi connectivity index (χ4v) is 8.44. The van der Waals surface area contributed by atoms with Gasteiger partial charge in [-0.05, 0) is 54.4 Å². The standard InChI is InChI=1S/C20H46N4O8Si2/c1-7-27-33(28-8-2,29-9-3)17-13-15-21-19(25)23-24-20(26)22-16-14-18-34(30-10-4,31-11-5)32-12-6/h7-18H2,1-6H3,(H2,21,23,25)(H2,22,24,26). The first-order chi connectivity index (χ1) is 16.4. The molecule has 0 bridgehead atoms. The van der Waals surface area contributed by atoms with E-state index < -0.39 is 29.7 Å². The molecule has 34 heavy (non-hydrogen) atoms. The Balaban J connectivity index is 4.22. The molecule has 12 nitrogen and oxygen atoms in total. The zero-order valence-electron chi connectivity index (χ0n) is 21.8. The summed E-state index contributed by atoms with van der Waals surface area (Å²) in [6.45, 7) is 15.2. The molecule has 0 fully saturated rings. The van der Waals surface area contributed by atoms with Crippen molar-refractivity contribution in [1.29, 1.82) is 0 Å². The van der Waals surface area contributed by atoms with Crippen LogP contribution in [0.15, 0.2) is 0 Å². The van der Waals surface area contributed by atoms with Gasteiger partial charge in [-0.3, -0.25) is 0 Å². The second kappa shape index (κ2) is 20.0. The summed E-state index contributed by atoms with van der Waals surface area (Å²) in [7, 11) is -5.46. The van der Waals surface area contributed by atoms with E-state index in [0.717, 1.165) is 0 Å². The maximum absolute atomic E-state index is 11.9. The second-order valence-electron chi connectivity index (χ2n) is 6.93. The van der Waals surface area contributed by atoms with E-state index in [0.29, 0.717) is 77.7 Å². The topological polar surface area (TPSA) is 138 Å². The monoisotopic (exact) mass is 526 g/mol. The summed E-state index contributed by atoms with van der Waals surface area (Å²) >= 11 is 0. The predicted molar refractivity (Wildman–Crippen MR) is 133 cm³/mol. The van der Waals surface area contributed by atoms with Gasteiger partial charge >= 0.3 is 29.7 Å². The fraction of sp³-hybridized carbons (Fsp3) is 0.900. The number of amides is 4. The van der Waals surface area contributed by atoms with Crippen LogP contribution in [0.3, 0.4) is 0 Å². The summed E-state index contributed by atoms with van der Waals surface area (Å²) in [5.74, 6) is 0. The highest BCUT2D eigenvalue weighted by molar-refractivity contribution is 6.61. The van der Waals surface area contributed by atoms with Crippen LogP contribution in [-0.4, -0.2) is 82.4 Å². The zero-order valence-corrected chi connectivity index (χ0v) is 23.8. The Morgan fingerprint density at radius 1 is 0.529 bits per heavy atom. The minimum absolute atomic E-state index is 0.385. The first kappa shape index (κ1) is 32.7. The van der Waals surface area contributed by atoms with Gasteiger partial charge in [0.05, 0.1) is 0 Å². The van der Waals surface area contributed by atoms with E-state index in [1.807, 2.05) is 41.5 Å². The van der Waals surface area contributed by atoms with Crippen LogP contribution in [-0.2, 0) is 26.6 Å². The number of rotatable bonds is 20. The molecule has 0 radical (unpaired) electrons. The summed E-state index contributed by atoms with van der Waals surface area (Å²) in [4.78, 5) is 23.9. The normalized spacial score (nSPS) is 11.8. The average molecular weight is 527 g/mol. The van der Waals surface area contributed by atoms with Gasteiger partial charge in [0.15, 0.2) is 0 Å². The van der Waals surface area contributed by atoms with Crippen molar-refractivity contribution < 1.29 is 36.1 Å². The molecule has 0 saturated carbocycles. The van der Waals surface area contributed by atoms with Gasteiger partial charge in [0.1, 0.15) is 0 Å². The van der Waals surface area contributed by atoms with Crippen LogP contribution in [0, 0.1) is 0 Å². The van der Waals surface area contributed by atoms with Crippen LogP contribution in [0.2, 0.25) is 12.1 Å². The summed E-state index contributed by atoms with van der Waals surface area (Å²) in [5.41, 5.74) is 4.63. The molecule has 4 N–H and O–H groups in total. The van der Waals surface area contributed by atoms with E-state index in [4.69, 9.17) is 26.6 Å². The SMILES string of the molecule is CCO[Si](CCCNC(=O)NNC(=O)NCCC[Si](OCC)(OCC)OCC)(OCC)OCC. The van der Waals surface area contributed by atoms with Crippen molar-refractivity contribution >= 4 is 29.7 Å². The third kappa shape index (κ3) is 14.2. The van der Waals surface area contributed by atoms with Crippen LogP contribution in [0.1, 0.15) is 54.4 Å². The van der Waals surface area contributed by atoms with Crippen molar-refractivity contribution in [3.63, 3.8) is 0 Å². The number of hydrogen-bond acceptors (Lipinski definition) is 8. The summed E-state index contributed by atoms with van der Waals surface area (Å²) in [6.07, 6.45) is 1.24. The summed E-state index contributed by atoms with van der Waals surface area (Å²) in [5, 5.41) is 5.37. The third-order valence-corrected chi connectivity index (χ3v) is 10.7. The van der Waals surface area contributed by atoms with Crippen LogP contribution in [0.4, 0.5) is 9.59 Å². The summed E-state index contributed by atoms with van der Waals surface area (Å²) < 4.78 is 34.7.